The molecule has 1 aromatic rings. The summed E-state index contributed by atoms with van der Waals surface area (Å²) in [5.74, 6) is 0.967. The molecule has 106 valence electrons. The lowest BCUT2D eigenvalue weighted by Gasteiger charge is -2.13. The summed E-state index contributed by atoms with van der Waals surface area (Å²) in [6.07, 6.45) is 0.550. The number of aliphatic hydroxyl groups is 1. The molecule has 1 atom stereocenters. The molecular formula is C15H23NO3. The summed E-state index contributed by atoms with van der Waals surface area (Å²) in [6.45, 7) is 6.15. The van der Waals surface area contributed by atoms with Crippen LogP contribution in [0.2, 0.25) is 0 Å². The molecule has 4 nitrogen and oxygen atoms in total. The van der Waals surface area contributed by atoms with Gasteiger partial charge in [0.05, 0.1) is 0 Å². The van der Waals surface area contributed by atoms with Crippen LogP contribution in [0.1, 0.15) is 38.7 Å². The number of ether oxygens (including phenoxy) is 1. The molecule has 0 bridgehead atoms. The molecule has 0 saturated heterocycles. The SMILES string of the molecule is CC(CCO)NC(=O)COc1cccc(C(C)C)c1. The van der Waals surface area contributed by atoms with Crippen molar-refractivity contribution in [3.05, 3.63) is 29.8 Å². The van der Waals surface area contributed by atoms with Gasteiger partial charge in [0, 0.05) is 12.6 Å². The van der Waals surface area contributed by atoms with Gasteiger partial charge in [-0.3, -0.25) is 4.79 Å². The predicted molar refractivity (Wildman–Crippen MR) is 75.3 cm³/mol. The molecule has 0 radical (unpaired) electrons. The standard InChI is InChI=1S/C15H23NO3/c1-11(2)13-5-4-6-14(9-13)19-10-15(18)16-12(3)7-8-17/h4-6,9,11-12,17H,7-8,10H2,1-3H3,(H,16,18). The van der Waals surface area contributed by atoms with Crippen molar-refractivity contribution in [3.63, 3.8) is 0 Å². The summed E-state index contributed by atoms with van der Waals surface area (Å²) in [4.78, 5) is 11.6. The second kappa shape index (κ2) is 7.79. The molecule has 1 rings (SSSR count). The van der Waals surface area contributed by atoms with Crippen molar-refractivity contribution in [2.24, 2.45) is 0 Å². The van der Waals surface area contributed by atoms with E-state index < -0.39 is 0 Å². The van der Waals surface area contributed by atoms with Gasteiger partial charge in [0.15, 0.2) is 6.61 Å². The summed E-state index contributed by atoms with van der Waals surface area (Å²) in [6, 6.07) is 7.73. The van der Waals surface area contributed by atoms with Gasteiger partial charge < -0.3 is 15.2 Å². The Bertz CT molecular complexity index is 404. The number of benzene rings is 1. The van der Waals surface area contributed by atoms with Crippen molar-refractivity contribution in [2.75, 3.05) is 13.2 Å². The Balaban J connectivity index is 2.43. The monoisotopic (exact) mass is 265 g/mol. The topological polar surface area (TPSA) is 58.6 Å². The molecule has 0 aromatic heterocycles. The van der Waals surface area contributed by atoms with Gasteiger partial charge in [-0.05, 0) is 37.0 Å². The number of nitrogens with one attached hydrogen (secondary N) is 1. The van der Waals surface area contributed by atoms with Crippen molar-refractivity contribution >= 4 is 5.91 Å². The van der Waals surface area contributed by atoms with Crippen LogP contribution < -0.4 is 10.1 Å². The zero-order valence-electron chi connectivity index (χ0n) is 11.8. The third kappa shape index (κ3) is 5.75. The fourth-order valence-corrected chi connectivity index (χ4v) is 1.69. The molecule has 0 aliphatic carbocycles. The van der Waals surface area contributed by atoms with E-state index in [1.165, 1.54) is 5.56 Å². The van der Waals surface area contributed by atoms with Gasteiger partial charge in [-0.2, -0.15) is 0 Å². The Labute approximate surface area is 114 Å². The summed E-state index contributed by atoms with van der Waals surface area (Å²) < 4.78 is 5.46. The highest BCUT2D eigenvalue weighted by atomic mass is 16.5. The van der Waals surface area contributed by atoms with Crippen molar-refractivity contribution in [1.82, 2.24) is 5.32 Å². The van der Waals surface area contributed by atoms with Gasteiger partial charge in [-0.25, -0.2) is 0 Å². The molecule has 0 aliphatic heterocycles. The molecule has 1 aromatic carbocycles. The minimum absolute atomic E-state index is 0.00266. The van der Waals surface area contributed by atoms with Crippen molar-refractivity contribution < 1.29 is 14.6 Å². The van der Waals surface area contributed by atoms with Gasteiger partial charge >= 0.3 is 0 Å². The van der Waals surface area contributed by atoms with E-state index in [0.29, 0.717) is 18.1 Å². The normalized spacial score (nSPS) is 12.3. The highest BCUT2D eigenvalue weighted by molar-refractivity contribution is 5.77. The molecular weight excluding hydrogens is 242 g/mol. The van der Waals surface area contributed by atoms with E-state index in [2.05, 4.69) is 19.2 Å². The predicted octanol–water partition coefficient (Wildman–Crippen LogP) is 2.08. The van der Waals surface area contributed by atoms with Crippen LogP contribution in [0.5, 0.6) is 5.75 Å². The molecule has 1 unspecified atom stereocenters. The van der Waals surface area contributed by atoms with Crippen molar-refractivity contribution in [2.45, 2.75) is 39.2 Å². The van der Waals surface area contributed by atoms with Crippen LogP contribution in [-0.2, 0) is 4.79 Å². The van der Waals surface area contributed by atoms with Crippen molar-refractivity contribution in [3.8, 4) is 5.75 Å². The quantitative estimate of drug-likeness (QED) is 0.793. The highest BCUT2D eigenvalue weighted by Crippen LogP contribution is 2.19. The van der Waals surface area contributed by atoms with Crippen LogP contribution in [0.25, 0.3) is 0 Å². The average molecular weight is 265 g/mol. The maximum Gasteiger partial charge on any atom is 0.258 e. The lowest BCUT2D eigenvalue weighted by atomic mass is 10.0. The van der Waals surface area contributed by atoms with Crippen LogP contribution in [0, 0.1) is 0 Å². The van der Waals surface area contributed by atoms with Crippen LogP contribution in [0.4, 0.5) is 0 Å². The Morgan fingerprint density at radius 2 is 2.11 bits per heavy atom. The molecule has 0 spiro atoms. The largest absolute Gasteiger partial charge is 0.484 e. The molecule has 1 amide bonds. The number of amides is 1. The van der Waals surface area contributed by atoms with E-state index in [-0.39, 0.29) is 25.2 Å². The van der Waals surface area contributed by atoms with E-state index in [1.54, 1.807) is 0 Å². The smallest absolute Gasteiger partial charge is 0.258 e. The summed E-state index contributed by atoms with van der Waals surface area (Å²) >= 11 is 0. The molecule has 0 aliphatic rings. The minimum Gasteiger partial charge on any atom is -0.484 e. The van der Waals surface area contributed by atoms with Gasteiger partial charge in [0.2, 0.25) is 0 Å². The Hall–Kier alpha value is -1.55. The van der Waals surface area contributed by atoms with Gasteiger partial charge in [0.1, 0.15) is 5.75 Å². The summed E-state index contributed by atoms with van der Waals surface area (Å²) in [5, 5.41) is 11.5. The molecule has 2 N–H and O–H groups in total. The summed E-state index contributed by atoms with van der Waals surface area (Å²) in [7, 11) is 0. The second-order valence-electron chi connectivity index (χ2n) is 5.00. The lowest BCUT2D eigenvalue weighted by molar-refractivity contribution is -0.123. The van der Waals surface area contributed by atoms with E-state index in [4.69, 9.17) is 9.84 Å². The second-order valence-corrected chi connectivity index (χ2v) is 5.00. The number of carbonyl (C=O) groups is 1. The maximum absolute atomic E-state index is 11.6. The first-order valence-corrected chi connectivity index (χ1v) is 6.66. The third-order valence-electron chi connectivity index (χ3n) is 2.86. The van der Waals surface area contributed by atoms with Crippen LogP contribution >= 0.6 is 0 Å². The van der Waals surface area contributed by atoms with Crippen LogP contribution in [-0.4, -0.2) is 30.3 Å². The Morgan fingerprint density at radius 1 is 1.37 bits per heavy atom. The Kier molecular flexibility index (Phi) is 6.36. The van der Waals surface area contributed by atoms with Gasteiger partial charge in [0.25, 0.3) is 5.91 Å². The third-order valence-corrected chi connectivity index (χ3v) is 2.86. The average Bonchev–Trinajstić information content (AvgIpc) is 2.37. The van der Waals surface area contributed by atoms with E-state index in [0.717, 1.165) is 0 Å². The zero-order chi connectivity index (χ0) is 14.3. The van der Waals surface area contributed by atoms with E-state index in [9.17, 15) is 4.79 Å². The number of hydrogen-bond acceptors (Lipinski definition) is 3. The lowest BCUT2D eigenvalue weighted by Crippen LogP contribution is -2.36. The zero-order valence-corrected chi connectivity index (χ0v) is 11.8. The first-order valence-electron chi connectivity index (χ1n) is 6.66. The first kappa shape index (κ1) is 15.5. The van der Waals surface area contributed by atoms with Gasteiger partial charge in [-0.15, -0.1) is 0 Å². The van der Waals surface area contributed by atoms with Crippen molar-refractivity contribution in [1.29, 1.82) is 0 Å². The first-order chi connectivity index (χ1) is 9.02. The number of aliphatic hydroxyl groups excluding tert-OH is 1. The van der Waals surface area contributed by atoms with Crippen LogP contribution in [0.15, 0.2) is 24.3 Å². The molecule has 4 heteroatoms. The Morgan fingerprint density at radius 3 is 2.74 bits per heavy atom. The summed E-state index contributed by atoms with van der Waals surface area (Å²) in [5.41, 5.74) is 1.19. The van der Waals surface area contributed by atoms with Gasteiger partial charge in [-0.1, -0.05) is 26.0 Å². The number of carbonyl (C=O) groups excluding carboxylic acids is 1. The van der Waals surface area contributed by atoms with E-state index >= 15 is 0 Å². The molecule has 0 heterocycles. The van der Waals surface area contributed by atoms with E-state index in [1.807, 2.05) is 31.2 Å². The highest BCUT2D eigenvalue weighted by Gasteiger charge is 2.08. The molecule has 0 saturated carbocycles. The van der Waals surface area contributed by atoms with Crippen LogP contribution in [0.3, 0.4) is 0 Å². The molecule has 0 fully saturated rings. The fraction of sp³-hybridized carbons (Fsp3) is 0.533. The maximum atomic E-state index is 11.6. The fourth-order valence-electron chi connectivity index (χ4n) is 1.69. The minimum atomic E-state index is -0.170. The number of rotatable bonds is 7. The number of hydrogen-bond donors (Lipinski definition) is 2. The molecule has 19 heavy (non-hydrogen) atoms.